The Hall–Kier alpha value is -0.870. The zero-order chi connectivity index (χ0) is 12.5. The van der Waals surface area contributed by atoms with Crippen LogP contribution in [0.15, 0.2) is 12.5 Å². The van der Waals surface area contributed by atoms with Crippen LogP contribution in [0.5, 0.6) is 0 Å². The first-order valence-corrected chi connectivity index (χ1v) is 6.25. The van der Waals surface area contributed by atoms with Crippen LogP contribution in [-0.2, 0) is 16.8 Å². The summed E-state index contributed by atoms with van der Waals surface area (Å²) < 4.78 is 7.78. The van der Waals surface area contributed by atoms with Gasteiger partial charge in [0.15, 0.2) is 0 Å². The van der Waals surface area contributed by atoms with Crippen LogP contribution in [0.25, 0.3) is 0 Å². The number of nitrogens with one attached hydrogen (secondary N) is 1. The second kappa shape index (κ2) is 4.42. The molecular weight excluding hydrogens is 214 g/mol. The molecule has 0 spiro atoms. The van der Waals surface area contributed by atoms with E-state index in [1.165, 1.54) is 5.69 Å². The van der Waals surface area contributed by atoms with E-state index in [4.69, 9.17) is 4.74 Å². The summed E-state index contributed by atoms with van der Waals surface area (Å²) in [7, 11) is 0. The van der Waals surface area contributed by atoms with E-state index in [1.54, 1.807) is 0 Å². The fourth-order valence-corrected chi connectivity index (χ4v) is 2.14. The topological polar surface area (TPSA) is 39.1 Å². The van der Waals surface area contributed by atoms with Gasteiger partial charge in [0.1, 0.15) is 0 Å². The van der Waals surface area contributed by atoms with E-state index in [-0.39, 0.29) is 11.1 Å². The lowest BCUT2D eigenvalue weighted by molar-refractivity contribution is 0.160. The summed E-state index contributed by atoms with van der Waals surface area (Å²) >= 11 is 0. The van der Waals surface area contributed by atoms with E-state index in [0.29, 0.717) is 0 Å². The van der Waals surface area contributed by atoms with E-state index < -0.39 is 0 Å². The molecule has 0 aliphatic carbocycles. The molecule has 1 unspecified atom stereocenters. The van der Waals surface area contributed by atoms with Crippen LogP contribution in [0.3, 0.4) is 0 Å². The van der Waals surface area contributed by atoms with Gasteiger partial charge in [0.25, 0.3) is 0 Å². The molecule has 1 aliphatic heterocycles. The lowest BCUT2D eigenvalue weighted by Crippen LogP contribution is -2.38. The largest absolute Gasteiger partial charge is 0.379 e. The molecule has 1 aromatic heterocycles. The molecule has 2 heterocycles. The number of imidazole rings is 1. The Morgan fingerprint density at radius 2 is 2.29 bits per heavy atom. The fraction of sp³-hybridized carbons (Fsp3) is 0.769. The Morgan fingerprint density at radius 1 is 1.53 bits per heavy atom. The molecule has 1 N–H and O–H groups in total. The monoisotopic (exact) mass is 237 g/mol. The molecule has 0 aromatic carbocycles. The van der Waals surface area contributed by atoms with Gasteiger partial charge < -0.3 is 14.6 Å². The summed E-state index contributed by atoms with van der Waals surface area (Å²) in [4.78, 5) is 4.28. The van der Waals surface area contributed by atoms with Crippen molar-refractivity contribution in [3.8, 4) is 0 Å². The van der Waals surface area contributed by atoms with Crippen molar-refractivity contribution in [2.45, 2.75) is 51.7 Å². The van der Waals surface area contributed by atoms with Crippen molar-refractivity contribution in [1.82, 2.24) is 14.9 Å². The second-order valence-electron chi connectivity index (χ2n) is 6.16. The van der Waals surface area contributed by atoms with Gasteiger partial charge in [0, 0.05) is 24.9 Å². The normalized spacial score (nSPS) is 25.4. The van der Waals surface area contributed by atoms with E-state index in [2.05, 4.69) is 42.6 Å². The highest BCUT2D eigenvalue weighted by Gasteiger charge is 2.32. The van der Waals surface area contributed by atoms with Crippen LogP contribution in [0.2, 0.25) is 0 Å². The average molecular weight is 237 g/mol. The summed E-state index contributed by atoms with van der Waals surface area (Å²) in [5.74, 6) is 0. The quantitative estimate of drug-likeness (QED) is 0.873. The van der Waals surface area contributed by atoms with Crippen molar-refractivity contribution < 1.29 is 4.74 Å². The predicted molar refractivity (Wildman–Crippen MR) is 67.9 cm³/mol. The minimum absolute atomic E-state index is 0.0748. The van der Waals surface area contributed by atoms with E-state index in [9.17, 15) is 0 Å². The van der Waals surface area contributed by atoms with Gasteiger partial charge in [-0.2, -0.15) is 0 Å². The maximum absolute atomic E-state index is 5.52. The third-order valence-corrected chi connectivity index (χ3v) is 3.29. The first-order chi connectivity index (χ1) is 7.91. The molecule has 1 saturated heterocycles. The molecule has 1 atom stereocenters. The lowest BCUT2D eigenvalue weighted by atomic mass is 10.0. The maximum atomic E-state index is 5.52. The average Bonchev–Trinajstić information content (AvgIpc) is 2.82. The fourth-order valence-electron chi connectivity index (χ4n) is 2.14. The van der Waals surface area contributed by atoms with Crippen molar-refractivity contribution in [2.24, 2.45) is 0 Å². The van der Waals surface area contributed by atoms with Crippen molar-refractivity contribution in [2.75, 3.05) is 13.2 Å². The zero-order valence-corrected chi connectivity index (χ0v) is 11.3. The predicted octanol–water partition coefficient (Wildman–Crippen LogP) is 1.91. The first kappa shape index (κ1) is 12.6. The molecule has 17 heavy (non-hydrogen) atoms. The highest BCUT2D eigenvalue weighted by molar-refractivity contribution is 5.05. The molecule has 0 amide bonds. The SMILES string of the molecule is CC(C)(C)NCc1cncn1C1(C)CCOC1. The molecular formula is C13H23N3O. The Labute approximate surface area is 103 Å². The van der Waals surface area contributed by atoms with Crippen molar-refractivity contribution >= 4 is 0 Å². The van der Waals surface area contributed by atoms with E-state index >= 15 is 0 Å². The molecule has 1 fully saturated rings. The number of aromatic nitrogens is 2. The third-order valence-electron chi connectivity index (χ3n) is 3.29. The summed E-state index contributed by atoms with van der Waals surface area (Å²) in [6.07, 6.45) is 4.93. The number of hydrogen-bond acceptors (Lipinski definition) is 3. The lowest BCUT2D eigenvalue weighted by Gasteiger charge is -2.28. The van der Waals surface area contributed by atoms with Crippen molar-refractivity contribution in [3.05, 3.63) is 18.2 Å². The summed E-state index contributed by atoms with van der Waals surface area (Å²) in [6, 6.07) is 0. The molecule has 0 radical (unpaired) electrons. The van der Waals surface area contributed by atoms with Gasteiger partial charge in [-0.15, -0.1) is 0 Å². The van der Waals surface area contributed by atoms with Gasteiger partial charge in [-0.25, -0.2) is 4.98 Å². The minimum Gasteiger partial charge on any atom is -0.379 e. The first-order valence-electron chi connectivity index (χ1n) is 6.25. The standard InChI is InChI=1S/C13H23N3O/c1-12(2,3)15-8-11-7-14-10-16(11)13(4)5-6-17-9-13/h7,10,15H,5-6,8-9H2,1-4H3. The van der Waals surface area contributed by atoms with Gasteiger partial charge in [-0.05, 0) is 34.1 Å². The van der Waals surface area contributed by atoms with E-state index in [1.807, 2.05) is 12.5 Å². The van der Waals surface area contributed by atoms with Gasteiger partial charge in [-0.3, -0.25) is 0 Å². The second-order valence-corrected chi connectivity index (χ2v) is 6.16. The van der Waals surface area contributed by atoms with Gasteiger partial charge >= 0.3 is 0 Å². The van der Waals surface area contributed by atoms with E-state index in [0.717, 1.165) is 26.2 Å². The van der Waals surface area contributed by atoms with Crippen molar-refractivity contribution in [1.29, 1.82) is 0 Å². The molecule has 4 nitrogen and oxygen atoms in total. The van der Waals surface area contributed by atoms with Gasteiger partial charge in [-0.1, -0.05) is 0 Å². The Balaban J connectivity index is 2.11. The third kappa shape index (κ3) is 2.87. The molecule has 0 saturated carbocycles. The number of nitrogens with zero attached hydrogens (tertiary/aromatic N) is 2. The smallest absolute Gasteiger partial charge is 0.0954 e. The van der Waals surface area contributed by atoms with Crippen molar-refractivity contribution in [3.63, 3.8) is 0 Å². The number of rotatable bonds is 3. The molecule has 4 heteroatoms. The Morgan fingerprint density at radius 3 is 2.88 bits per heavy atom. The highest BCUT2D eigenvalue weighted by atomic mass is 16.5. The highest BCUT2D eigenvalue weighted by Crippen LogP contribution is 2.28. The van der Waals surface area contributed by atoms with Crippen LogP contribution in [0, 0.1) is 0 Å². The van der Waals surface area contributed by atoms with Crippen LogP contribution < -0.4 is 5.32 Å². The molecule has 96 valence electrons. The zero-order valence-electron chi connectivity index (χ0n) is 11.3. The molecule has 1 aliphatic rings. The molecule has 1 aromatic rings. The number of ether oxygens (including phenoxy) is 1. The minimum atomic E-state index is 0.0748. The van der Waals surface area contributed by atoms with Crippen LogP contribution in [0.4, 0.5) is 0 Å². The van der Waals surface area contributed by atoms with Gasteiger partial charge in [0.2, 0.25) is 0 Å². The molecule has 0 bridgehead atoms. The van der Waals surface area contributed by atoms with Crippen LogP contribution in [0.1, 0.15) is 39.8 Å². The maximum Gasteiger partial charge on any atom is 0.0954 e. The van der Waals surface area contributed by atoms with Crippen LogP contribution >= 0.6 is 0 Å². The summed E-state index contributed by atoms with van der Waals surface area (Å²) in [6.45, 7) is 11.2. The Bertz CT molecular complexity index is 372. The van der Waals surface area contributed by atoms with Gasteiger partial charge in [0.05, 0.1) is 24.2 Å². The summed E-state index contributed by atoms with van der Waals surface area (Å²) in [5, 5.41) is 3.50. The summed E-state index contributed by atoms with van der Waals surface area (Å²) in [5.41, 5.74) is 1.43. The van der Waals surface area contributed by atoms with Crippen LogP contribution in [-0.4, -0.2) is 28.3 Å². The molecule has 2 rings (SSSR count). The Kier molecular flexibility index (Phi) is 3.27. The number of hydrogen-bond donors (Lipinski definition) is 1.